The quantitative estimate of drug-likeness (QED) is 0.793. The third-order valence-electron chi connectivity index (χ3n) is 2.98. The van der Waals surface area contributed by atoms with Crippen LogP contribution in [0.25, 0.3) is 10.9 Å². The standard InChI is InChI=1S/C15H13FN4/c1-10-19-14-9-17-7-6-13(14)15(20-10)18-8-11-2-4-12(16)5-3-11/h2-7,9H,8H2,1H3,(H,18,19,20). The number of nitrogens with zero attached hydrogens (tertiary/aromatic N) is 3. The Hall–Kier alpha value is -2.56. The summed E-state index contributed by atoms with van der Waals surface area (Å²) < 4.78 is 12.9. The lowest BCUT2D eigenvalue weighted by Gasteiger charge is -2.09. The second kappa shape index (κ2) is 5.21. The topological polar surface area (TPSA) is 50.7 Å². The molecule has 0 saturated heterocycles. The maximum atomic E-state index is 12.9. The van der Waals surface area contributed by atoms with Gasteiger partial charge in [0.05, 0.1) is 11.7 Å². The van der Waals surface area contributed by atoms with E-state index in [1.54, 1.807) is 24.5 Å². The normalized spacial score (nSPS) is 10.7. The van der Waals surface area contributed by atoms with E-state index in [2.05, 4.69) is 20.3 Å². The van der Waals surface area contributed by atoms with Crippen molar-refractivity contribution in [2.24, 2.45) is 0 Å². The average molecular weight is 268 g/mol. The number of rotatable bonds is 3. The SMILES string of the molecule is Cc1nc(NCc2ccc(F)cc2)c2ccncc2n1. The molecule has 5 heteroatoms. The van der Waals surface area contributed by atoms with Crippen molar-refractivity contribution in [2.75, 3.05) is 5.32 Å². The molecule has 0 unspecified atom stereocenters. The summed E-state index contributed by atoms with van der Waals surface area (Å²) in [5.74, 6) is 1.22. The number of halogens is 1. The predicted octanol–water partition coefficient (Wildman–Crippen LogP) is 3.08. The van der Waals surface area contributed by atoms with Crippen LogP contribution < -0.4 is 5.32 Å². The highest BCUT2D eigenvalue weighted by Crippen LogP contribution is 2.19. The van der Waals surface area contributed by atoms with Gasteiger partial charge in [0, 0.05) is 18.1 Å². The van der Waals surface area contributed by atoms with Crippen molar-refractivity contribution in [3.05, 3.63) is 59.9 Å². The molecule has 20 heavy (non-hydrogen) atoms. The van der Waals surface area contributed by atoms with Crippen molar-refractivity contribution in [3.63, 3.8) is 0 Å². The summed E-state index contributed by atoms with van der Waals surface area (Å²) in [5, 5.41) is 4.19. The number of hydrogen-bond donors (Lipinski definition) is 1. The molecule has 3 rings (SSSR count). The average Bonchev–Trinajstić information content (AvgIpc) is 2.46. The van der Waals surface area contributed by atoms with E-state index in [1.807, 2.05) is 13.0 Å². The largest absolute Gasteiger partial charge is 0.365 e. The zero-order chi connectivity index (χ0) is 13.9. The Kier molecular flexibility index (Phi) is 3.25. The van der Waals surface area contributed by atoms with Crippen LogP contribution in [0.5, 0.6) is 0 Å². The number of hydrogen-bond acceptors (Lipinski definition) is 4. The molecule has 0 spiro atoms. The van der Waals surface area contributed by atoms with Gasteiger partial charge in [-0.05, 0) is 30.7 Å². The minimum Gasteiger partial charge on any atom is -0.365 e. The molecule has 0 aliphatic rings. The maximum absolute atomic E-state index is 12.9. The third-order valence-corrected chi connectivity index (χ3v) is 2.98. The van der Waals surface area contributed by atoms with Crippen LogP contribution >= 0.6 is 0 Å². The summed E-state index contributed by atoms with van der Waals surface area (Å²) >= 11 is 0. The highest BCUT2D eigenvalue weighted by atomic mass is 19.1. The molecule has 3 aromatic rings. The van der Waals surface area contributed by atoms with Crippen LogP contribution in [0.4, 0.5) is 10.2 Å². The first-order valence-electron chi connectivity index (χ1n) is 6.29. The molecule has 0 saturated carbocycles. The van der Waals surface area contributed by atoms with E-state index in [0.29, 0.717) is 12.4 Å². The number of benzene rings is 1. The van der Waals surface area contributed by atoms with Crippen molar-refractivity contribution in [1.82, 2.24) is 15.0 Å². The summed E-state index contributed by atoms with van der Waals surface area (Å²) in [4.78, 5) is 12.8. The first-order valence-corrected chi connectivity index (χ1v) is 6.29. The zero-order valence-electron chi connectivity index (χ0n) is 11.0. The molecule has 1 aromatic carbocycles. The fourth-order valence-electron chi connectivity index (χ4n) is 2.02. The van der Waals surface area contributed by atoms with Gasteiger partial charge in [0.1, 0.15) is 17.5 Å². The summed E-state index contributed by atoms with van der Waals surface area (Å²) in [6, 6.07) is 8.27. The molecule has 0 radical (unpaired) electrons. The Morgan fingerprint density at radius 2 is 1.90 bits per heavy atom. The van der Waals surface area contributed by atoms with Gasteiger partial charge in [-0.3, -0.25) is 4.98 Å². The molecule has 0 aliphatic heterocycles. The van der Waals surface area contributed by atoms with Crippen molar-refractivity contribution in [3.8, 4) is 0 Å². The molecule has 4 nitrogen and oxygen atoms in total. The summed E-state index contributed by atoms with van der Waals surface area (Å²) in [6.07, 6.45) is 3.43. The van der Waals surface area contributed by atoms with E-state index < -0.39 is 0 Å². The van der Waals surface area contributed by atoms with E-state index in [4.69, 9.17) is 0 Å². The van der Waals surface area contributed by atoms with Crippen LogP contribution in [0.2, 0.25) is 0 Å². The van der Waals surface area contributed by atoms with Crippen molar-refractivity contribution in [2.45, 2.75) is 13.5 Å². The molecule has 0 aliphatic carbocycles. The summed E-state index contributed by atoms with van der Waals surface area (Å²) in [5.41, 5.74) is 1.80. The molecule has 0 amide bonds. The van der Waals surface area contributed by atoms with Gasteiger partial charge in [-0.1, -0.05) is 12.1 Å². The molecular weight excluding hydrogens is 255 g/mol. The number of aryl methyl sites for hydroxylation is 1. The smallest absolute Gasteiger partial charge is 0.138 e. The molecule has 0 atom stereocenters. The van der Waals surface area contributed by atoms with Gasteiger partial charge >= 0.3 is 0 Å². The first kappa shape index (κ1) is 12.5. The van der Waals surface area contributed by atoms with Gasteiger partial charge in [-0.25, -0.2) is 14.4 Å². The Bertz CT molecular complexity index is 740. The van der Waals surface area contributed by atoms with Crippen LogP contribution in [0.3, 0.4) is 0 Å². The van der Waals surface area contributed by atoms with E-state index in [1.165, 1.54) is 12.1 Å². The Morgan fingerprint density at radius 3 is 2.70 bits per heavy atom. The molecule has 1 N–H and O–H groups in total. The Morgan fingerprint density at radius 1 is 1.10 bits per heavy atom. The lowest BCUT2D eigenvalue weighted by atomic mass is 10.2. The van der Waals surface area contributed by atoms with Crippen molar-refractivity contribution < 1.29 is 4.39 Å². The van der Waals surface area contributed by atoms with E-state index in [0.717, 1.165) is 22.3 Å². The second-order valence-corrected chi connectivity index (χ2v) is 4.49. The minimum absolute atomic E-state index is 0.233. The second-order valence-electron chi connectivity index (χ2n) is 4.49. The number of pyridine rings is 1. The zero-order valence-corrected chi connectivity index (χ0v) is 11.0. The van der Waals surface area contributed by atoms with Crippen molar-refractivity contribution in [1.29, 1.82) is 0 Å². The molecule has 100 valence electrons. The fourth-order valence-corrected chi connectivity index (χ4v) is 2.02. The molecule has 0 bridgehead atoms. The van der Waals surface area contributed by atoms with Gasteiger partial charge in [0.2, 0.25) is 0 Å². The maximum Gasteiger partial charge on any atom is 0.138 e. The number of anilines is 1. The van der Waals surface area contributed by atoms with E-state index in [-0.39, 0.29) is 5.82 Å². The monoisotopic (exact) mass is 268 g/mol. The molecule has 2 heterocycles. The number of fused-ring (bicyclic) bond motifs is 1. The van der Waals surface area contributed by atoms with Crippen LogP contribution in [0, 0.1) is 12.7 Å². The van der Waals surface area contributed by atoms with Gasteiger partial charge in [0.15, 0.2) is 0 Å². The Balaban J connectivity index is 1.88. The lowest BCUT2D eigenvalue weighted by Crippen LogP contribution is -2.04. The fraction of sp³-hybridized carbons (Fsp3) is 0.133. The van der Waals surface area contributed by atoms with E-state index >= 15 is 0 Å². The van der Waals surface area contributed by atoms with Crippen LogP contribution in [-0.2, 0) is 6.54 Å². The van der Waals surface area contributed by atoms with Crippen LogP contribution in [0.15, 0.2) is 42.7 Å². The number of aromatic nitrogens is 3. The minimum atomic E-state index is -0.233. The first-order chi connectivity index (χ1) is 9.72. The van der Waals surface area contributed by atoms with Gasteiger partial charge < -0.3 is 5.32 Å². The number of nitrogens with one attached hydrogen (secondary N) is 1. The van der Waals surface area contributed by atoms with Gasteiger partial charge in [0.25, 0.3) is 0 Å². The Labute approximate surface area is 115 Å². The highest BCUT2D eigenvalue weighted by molar-refractivity contribution is 5.88. The van der Waals surface area contributed by atoms with Gasteiger partial charge in [-0.15, -0.1) is 0 Å². The predicted molar refractivity (Wildman–Crippen MR) is 75.8 cm³/mol. The lowest BCUT2D eigenvalue weighted by molar-refractivity contribution is 0.627. The molecule has 0 fully saturated rings. The van der Waals surface area contributed by atoms with Crippen LogP contribution in [-0.4, -0.2) is 15.0 Å². The summed E-state index contributed by atoms with van der Waals surface area (Å²) in [7, 11) is 0. The van der Waals surface area contributed by atoms with Crippen molar-refractivity contribution >= 4 is 16.7 Å². The van der Waals surface area contributed by atoms with Crippen LogP contribution in [0.1, 0.15) is 11.4 Å². The summed E-state index contributed by atoms with van der Waals surface area (Å²) in [6.45, 7) is 2.42. The van der Waals surface area contributed by atoms with E-state index in [9.17, 15) is 4.39 Å². The third kappa shape index (κ3) is 2.56. The molecular formula is C15H13FN4. The molecule has 2 aromatic heterocycles. The van der Waals surface area contributed by atoms with Gasteiger partial charge in [-0.2, -0.15) is 0 Å². The highest BCUT2D eigenvalue weighted by Gasteiger charge is 2.05.